The molecule has 2 rings (SSSR count). The van der Waals surface area contributed by atoms with Gasteiger partial charge in [-0.1, -0.05) is 6.92 Å². The van der Waals surface area contributed by atoms with Gasteiger partial charge in [-0.25, -0.2) is 10.1 Å². The molecule has 2 aromatic rings. The van der Waals surface area contributed by atoms with E-state index in [9.17, 15) is 10.2 Å². The van der Waals surface area contributed by atoms with E-state index in [-0.39, 0.29) is 46.7 Å². The van der Waals surface area contributed by atoms with Crippen LogP contribution in [0.2, 0.25) is 0 Å². The SMILES string of the molecule is CCc1nnc(NN=Cc2cc(Br)c(O)c(Br)c2O)n1N.Cl.Cl. The molecule has 5 N–H and O–H groups in total. The van der Waals surface area contributed by atoms with Gasteiger partial charge in [-0.05, 0) is 37.9 Å². The molecule has 0 unspecified atom stereocenters. The molecule has 12 heteroatoms. The molecule has 1 heterocycles. The van der Waals surface area contributed by atoms with Gasteiger partial charge in [0.25, 0.3) is 5.95 Å². The fraction of sp³-hybridized carbons (Fsp3) is 0.182. The number of halogens is 4. The van der Waals surface area contributed by atoms with E-state index in [1.54, 1.807) is 0 Å². The highest BCUT2D eigenvalue weighted by Gasteiger charge is 2.13. The Morgan fingerprint density at radius 2 is 1.96 bits per heavy atom. The van der Waals surface area contributed by atoms with E-state index in [0.29, 0.717) is 22.3 Å². The first-order valence-corrected chi connectivity index (χ1v) is 7.42. The second kappa shape index (κ2) is 9.16. The Hall–Kier alpha value is -1.23. The summed E-state index contributed by atoms with van der Waals surface area (Å²) in [5.41, 5.74) is 3.01. The van der Waals surface area contributed by atoms with Gasteiger partial charge in [0.05, 0.1) is 10.7 Å². The van der Waals surface area contributed by atoms with E-state index in [2.05, 4.69) is 52.6 Å². The number of hydrazone groups is 1. The van der Waals surface area contributed by atoms with E-state index in [1.807, 2.05) is 6.92 Å². The van der Waals surface area contributed by atoms with Crippen molar-refractivity contribution in [3.05, 3.63) is 26.4 Å². The van der Waals surface area contributed by atoms with E-state index in [1.165, 1.54) is 17.0 Å². The van der Waals surface area contributed by atoms with Crippen LogP contribution in [0.4, 0.5) is 5.95 Å². The number of nitrogens with one attached hydrogen (secondary N) is 1. The van der Waals surface area contributed by atoms with Crippen LogP contribution in [0.3, 0.4) is 0 Å². The summed E-state index contributed by atoms with van der Waals surface area (Å²) >= 11 is 6.26. The summed E-state index contributed by atoms with van der Waals surface area (Å²) < 4.78 is 1.89. The molecule has 128 valence electrons. The third-order valence-electron chi connectivity index (χ3n) is 2.65. The van der Waals surface area contributed by atoms with Crippen LogP contribution in [-0.4, -0.2) is 31.3 Å². The Bertz CT molecular complexity index is 710. The molecule has 0 saturated carbocycles. The Balaban J connectivity index is 0.00000242. The number of hydrogen-bond acceptors (Lipinski definition) is 7. The van der Waals surface area contributed by atoms with E-state index < -0.39 is 0 Å². The van der Waals surface area contributed by atoms with Crippen LogP contribution in [0, 0.1) is 0 Å². The Morgan fingerprint density at radius 1 is 1.30 bits per heavy atom. The fourth-order valence-corrected chi connectivity index (χ4v) is 2.67. The number of anilines is 1. The smallest absolute Gasteiger partial charge is 0.263 e. The molecule has 0 saturated heterocycles. The average Bonchev–Trinajstić information content (AvgIpc) is 2.82. The molecule has 0 aliphatic carbocycles. The van der Waals surface area contributed by atoms with Crippen LogP contribution in [0.5, 0.6) is 11.5 Å². The minimum Gasteiger partial charge on any atom is -0.506 e. The zero-order chi connectivity index (χ0) is 15.6. The summed E-state index contributed by atoms with van der Waals surface area (Å²) in [7, 11) is 0. The number of nitrogen functional groups attached to an aromatic ring is 1. The van der Waals surface area contributed by atoms with Crippen molar-refractivity contribution in [2.45, 2.75) is 13.3 Å². The largest absolute Gasteiger partial charge is 0.506 e. The van der Waals surface area contributed by atoms with Crippen molar-refractivity contribution >= 4 is 68.8 Å². The molecule has 0 radical (unpaired) electrons. The number of hydrogen-bond donors (Lipinski definition) is 4. The number of phenols is 2. The van der Waals surface area contributed by atoms with Crippen LogP contribution >= 0.6 is 56.7 Å². The number of nitrogens with two attached hydrogens (primary N) is 1. The fourth-order valence-electron chi connectivity index (χ4n) is 1.52. The van der Waals surface area contributed by atoms with Gasteiger partial charge in [-0.15, -0.1) is 35.0 Å². The van der Waals surface area contributed by atoms with E-state index in [0.717, 1.165) is 0 Å². The number of aryl methyl sites for hydroxylation is 1. The summed E-state index contributed by atoms with van der Waals surface area (Å²) in [5.74, 6) is 6.42. The Labute approximate surface area is 161 Å². The van der Waals surface area contributed by atoms with Gasteiger partial charge >= 0.3 is 0 Å². The van der Waals surface area contributed by atoms with Gasteiger partial charge in [-0.2, -0.15) is 5.10 Å². The molecule has 8 nitrogen and oxygen atoms in total. The minimum atomic E-state index is -0.135. The quantitative estimate of drug-likeness (QED) is 0.296. The summed E-state index contributed by atoms with van der Waals surface area (Å²) in [4.78, 5) is 0. The molecule has 0 spiro atoms. The Kier molecular flexibility index (Phi) is 8.67. The number of phenolic OH excluding ortho intramolecular Hbond substituents is 2. The highest BCUT2D eigenvalue weighted by molar-refractivity contribution is 9.11. The lowest BCUT2D eigenvalue weighted by atomic mass is 10.2. The van der Waals surface area contributed by atoms with E-state index in [4.69, 9.17) is 5.84 Å². The molecule has 1 aromatic heterocycles. The molecule has 0 aliphatic heterocycles. The third kappa shape index (κ3) is 4.63. The van der Waals surface area contributed by atoms with Crippen molar-refractivity contribution in [3.8, 4) is 11.5 Å². The number of nitrogens with zero attached hydrogens (tertiary/aromatic N) is 4. The van der Waals surface area contributed by atoms with Crippen molar-refractivity contribution < 1.29 is 10.2 Å². The molecule has 0 aliphatic rings. The third-order valence-corrected chi connectivity index (χ3v) is 4.00. The predicted octanol–water partition coefficient (Wildman–Crippen LogP) is 2.78. The standard InChI is InChI=1S/C11H12Br2N6O2.2ClH/c1-2-7-16-18-11(19(7)14)17-15-4-5-3-6(12)10(21)8(13)9(5)20;;/h3-4,20-21H,2,14H2,1H3,(H,17,18);2*1H. The molecule has 0 atom stereocenters. The normalized spacial score (nSPS) is 10.2. The molecule has 1 aromatic carbocycles. The van der Waals surface area contributed by atoms with Crippen LogP contribution < -0.4 is 11.3 Å². The van der Waals surface area contributed by atoms with Crippen LogP contribution in [0.15, 0.2) is 20.1 Å². The number of aromatic hydroxyl groups is 2. The molecule has 0 fully saturated rings. The van der Waals surface area contributed by atoms with Gasteiger partial charge in [0.1, 0.15) is 16.0 Å². The number of rotatable bonds is 4. The molecular weight excluding hydrogens is 479 g/mol. The lowest BCUT2D eigenvalue weighted by Crippen LogP contribution is -2.14. The van der Waals surface area contributed by atoms with Crippen molar-refractivity contribution in [1.82, 2.24) is 14.9 Å². The maximum atomic E-state index is 9.89. The first-order valence-electron chi connectivity index (χ1n) is 5.84. The lowest BCUT2D eigenvalue weighted by molar-refractivity contribution is 0.442. The summed E-state index contributed by atoms with van der Waals surface area (Å²) in [6.45, 7) is 1.91. The average molecular weight is 493 g/mol. The number of aromatic nitrogens is 3. The number of benzene rings is 1. The van der Waals surface area contributed by atoms with Gasteiger partial charge in [0.15, 0.2) is 5.82 Å². The van der Waals surface area contributed by atoms with Crippen molar-refractivity contribution in [2.75, 3.05) is 11.3 Å². The highest BCUT2D eigenvalue weighted by Crippen LogP contribution is 2.40. The maximum absolute atomic E-state index is 9.89. The summed E-state index contributed by atoms with van der Waals surface area (Å²) in [6.07, 6.45) is 2.01. The van der Waals surface area contributed by atoms with Crippen molar-refractivity contribution in [3.63, 3.8) is 0 Å². The second-order valence-electron chi connectivity index (χ2n) is 3.99. The van der Waals surface area contributed by atoms with E-state index >= 15 is 0 Å². The molecule has 0 bridgehead atoms. The highest BCUT2D eigenvalue weighted by atomic mass is 79.9. The zero-order valence-electron chi connectivity index (χ0n) is 11.7. The Morgan fingerprint density at radius 3 is 2.52 bits per heavy atom. The van der Waals surface area contributed by atoms with Crippen LogP contribution in [-0.2, 0) is 6.42 Å². The first kappa shape index (κ1) is 21.8. The van der Waals surface area contributed by atoms with Crippen LogP contribution in [0.25, 0.3) is 0 Å². The van der Waals surface area contributed by atoms with Gasteiger partial charge in [0.2, 0.25) is 0 Å². The van der Waals surface area contributed by atoms with Crippen molar-refractivity contribution in [1.29, 1.82) is 0 Å². The zero-order valence-corrected chi connectivity index (χ0v) is 16.5. The molecular formula is C11H14Br2Cl2N6O2. The van der Waals surface area contributed by atoms with Crippen LogP contribution in [0.1, 0.15) is 18.3 Å². The summed E-state index contributed by atoms with van der Waals surface area (Å²) in [5, 5.41) is 31.2. The minimum absolute atomic E-state index is 0. The predicted molar refractivity (Wildman–Crippen MR) is 100 cm³/mol. The van der Waals surface area contributed by atoms with Gasteiger partial charge in [-0.3, -0.25) is 0 Å². The topological polar surface area (TPSA) is 122 Å². The second-order valence-corrected chi connectivity index (χ2v) is 5.64. The maximum Gasteiger partial charge on any atom is 0.263 e. The first-order chi connectivity index (χ1) is 9.95. The van der Waals surface area contributed by atoms with Gasteiger partial charge < -0.3 is 16.1 Å². The van der Waals surface area contributed by atoms with Gasteiger partial charge in [0, 0.05) is 12.0 Å². The monoisotopic (exact) mass is 490 g/mol. The lowest BCUT2D eigenvalue weighted by Gasteiger charge is -2.06. The molecule has 0 amide bonds. The molecule has 23 heavy (non-hydrogen) atoms. The van der Waals surface area contributed by atoms with Crippen molar-refractivity contribution in [2.24, 2.45) is 5.10 Å². The summed E-state index contributed by atoms with van der Waals surface area (Å²) in [6, 6.07) is 1.52.